The van der Waals surface area contributed by atoms with Crippen molar-refractivity contribution in [2.75, 3.05) is 0 Å². The molecule has 0 unspecified atom stereocenters. The third kappa shape index (κ3) is 1.37. The van der Waals surface area contributed by atoms with Crippen LogP contribution >= 0.6 is 11.6 Å². The van der Waals surface area contributed by atoms with Crippen LogP contribution in [0.5, 0.6) is 0 Å². The van der Waals surface area contributed by atoms with Crippen molar-refractivity contribution in [1.82, 2.24) is 14.4 Å². The average Bonchev–Trinajstić information content (AvgIpc) is 2.75. The molecular weight excluding hydrogens is 222 g/mol. The minimum absolute atomic E-state index is 0.643. The maximum absolute atomic E-state index is 6.05. The normalized spacial score (nSPS) is 10.8. The van der Waals surface area contributed by atoms with Crippen LogP contribution in [-0.2, 0) is 0 Å². The highest BCUT2D eigenvalue weighted by molar-refractivity contribution is 6.33. The summed E-state index contributed by atoms with van der Waals surface area (Å²) in [6.45, 7) is 0. The van der Waals surface area contributed by atoms with Crippen LogP contribution < -0.4 is 0 Å². The van der Waals surface area contributed by atoms with Crippen LogP contribution in [0.2, 0.25) is 5.02 Å². The molecule has 0 aromatic carbocycles. The second kappa shape index (κ2) is 3.61. The molecule has 3 heterocycles. The summed E-state index contributed by atoms with van der Waals surface area (Å²) in [7, 11) is 0. The van der Waals surface area contributed by atoms with Gasteiger partial charge in [0.25, 0.3) is 0 Å². The predicted molar refractivity (Wildman–Crippen MR) is 63.4 cm³/mol. The smallest absolute Gasteiger partial charge is 0.156 e. The molecule has 0 spiro atoms. The van der Waals surface area contributed by atoms with Gasteiger partial charge in [-0.15, -0.1) is 0 Å². The van der Waals surface area contributed by atoms with E-state index in [4.69, 9.17) is 11.6 Å². The first-order valence-corrected chi connectivity index (χ1v) is 5.27. The Balaban J connectivity index is 2.30. The lowest BCUT2D eigenvalue weighted by molar-refractivity contribution is 1.17. The Morgan fingerprint density at radius 2 is 2.00 bits per heavy atom. The highest BCUT2D eigenvalue weighted by Gasteiger charge is 2.07. The summed E-state index contributed by atoms with van der Waals surface area (Å²) >= 11 is 6.05. The maximum atomic E-state index is 6.05. The summed E-state index contributed by atoms with van der Waals surface area (Å²) in [6.07, 6.45) is 5.47. The standard InChI is InChI=1S/C12H8ClN3/c13-9-4-3-7-16-11(8-15-12(9)16)10-5-1-2-6-14-10/h1-8H. The highest BCUT2D eigenvalue weighted by atomic mass is 35.5. The van der Waals surface area contributed by atoms with Crippen molar-refractivity contribution >= 4 is 17.2 Å². The number of hydrogen-bond donors (Lipinski definition) is 0. The number of hydrogen-bond acceptors (Lipinski definition) is 2. The Morgan fingerprint density at radius 3 is 2.81 bits per heavy atom. The Kier molecular flexibility index (Phi) is 2.11. The minimum atomic E-state index is 0.643. The van der Waals surface area contributed by atoms with E-state index in [0.29, 0.717) is 5.02 Å². The average molecular weight is 230 g/mol. The van der Waals surface area contributed by atoms with Gasteiger partial charge in [0.1, 0.15) is 0 Å². The van der Waals surface area contributed by atoms with Gasteiger partial charge in [0.05, 0.1) is 22.6 Å². The lowest BCUT2D eigenvalue weighted by Crippen LogP contribution is -1.89. The van der Waals surface area contributed by atoms with E-state index in [1.54, 1.807) is 12.4 Å². The van der Waals surface area contributed by atoms with Crippen molar-refractivity contribution < 1.29 is 0 Å². The van der Waals surface area contributed by atoms with Gasteiger partial charge < -0.3 is 0 Å². The van der Waals surface area contributed by atoms with Crippen molar-refractivity contribution in [3.8, 4) is 11.4 Å². The Hall–Kier alpha value is -1.87. The van der Waals surface area contributed by atoms with Crippen LogP contribution in [0, 0.1) is 0 Å². The number of aromatic nitrogens is 3. The molecule has 0 aliphatic heterocycles. The number of fused-ring (bicyclic) bond motifs is 1. The molecule has 4 heteroatoms. The second-order valence-electron chi connectivity index (χ2n) is 3.41. The van der Waals surface area contributed by atoms with Crippen molar-refractivity contribution in [3.05, 3.63) is 53.9 Å². The van der Waals surface area contributed by atoms with Crippen LogP contribution in [0.15, 0.2) is 48.9 Å². The molecule has 0 aliphatic carbocycles. The second-order valence-corrected chi connectivity index (χ2v) is 3.82. The summed E-state index contributed by atoms with van der Waals surface area (Å²) in [5.41, 5.74) is 2.58. The van der Waals surface area contributed by atoms with E-state index in [-0.39, 0.29) is 0 Å². The summed E-state index contributed by atoms with van der Waals surface area (Å²) in [6, 6.07) is 9.51. The fourth-order valence-corrected chi connectivity index (χ4v) is 1.89. The molecule has 0 atom stereocenters. The summed E-state index contributed by atoms with van der Waals surface area (Å²) in [4.78, 5) is 8.58. The van der Waals surface area contributed by atoms with Gasteiger partial charge in [0.2, 0.25) is 0 Å². The first-order chi connectivity index (χ1) is 7.86. The maximum Gasteiger partial charge on any atom is 0.156 e. The molecule has 3 rings (SSSR count). The lowest BCUT2D eigenvalue weighted by Gasteiger charge is -2.00. The van der Waals surface area contributed by atoms with Crippen LogP contribution in [0.3, 0.4) is 0 Å². The first kappa shape index (κ1) is 9.36. The van der Waals surface area contributed by atoms with Crippen LogP contribution in [0.1, 0.15) is 0 Å². The zero-order valence-corrected chi connectivity index (χ0v) is 9.09. The predicted octanol–water partition coefficient (Wildman–Crippen LogP) is 3.05. The number of nitrogens with zero attached hydrogens (tertiary/aromatic N) is 3. The zero-order valence-electron chi connectivity index (χ0n) is 8.34. The fourth-order valence-electron chi connectivity index (χ4n) is 1.68. The molecule has 0 saturated carbocycles. The third-order valence-corrected chi connectivity index (χ3v) is 2.71. The van der Waals surface area contributed by atoms with E-state index in [2.05, 4.69) is 9.97 Å². The van der Waals surface area contributed by atoms with Gasteiger partial charge in [-0.3, -0.25) is 9.38 Å². The van der Waals surface area contributed by atoms with Gasteiger partial charge in [-0.1, -0.05) is 17.7 Å². The summed E-state index contributed by atoms with van der Waals surface area (Å²) in [5, 5.41) is 0.643. The number of pyridine rings is 2. The number of imidazole rings is 1. The van der Waals surface area contributed by atoms with E-state index in [9.17, 15) is 0 Å². The fraction of sp³-hybridized carbons (Fsp3) is 0. The molecule has 78 valence electrons. The van der Waals surface area contributed by atoms with Crippen molar-refractivity contribution in [2.24, 2.45) is 0 Å². The molecule has 0 saturated heterocycles. The topological polar surface area (TPSA) is 30.2 Å². The Labute approximate surface area is 97.3 Å². The minimum Gasteiger partial charge on any atom is -0.297 e. The van der Waals surface area contributed by atoms with E-state index in [1.807, 2.05) is 40.9 Å². The SMILES string of the molecule is Clc1cccn2c(-c3ccccn3)cnc12. The Bertz CT molecular complexity index is 631. The van der Waals surface area contributed by atoms with Crippen LogP contribution in [-0.4, -0.2) is 14.4 Å². The number of halogens is 1. The van der Waals surface area contributed by atoms with E-state index in [0.717, 1.165) is 17.0 Å². The van der Waals surface area contributed by atoms with Crippen LogP contribution in [0.4, 0.5) is 0 Å². The number of rotatable bonds is 1. The lowest BCUT2D eigenvalue weighted by atomic mass is 10.3. The quantitative estimate of drug-likeness (QED) is 0.642. The summed E-state index contributed by atoms with van der Waals surface area (Å²) < 4.78 is 1.94. The zero-order chi connectivity index (χ0) is 11.0. The molecule has 3 aromatic heterocycles. The molecule has 3 aromatic rings. The van der Waals surface area contributed by atoms with Gasteiger partial charge in [-0.2, -0.15) is 0 Å². The molecular formula is C12H8ClN3. The van der Waals surface area contributed by atoms with Gasteiger partial charge in [0.15, 0.2) is 5.65 Å². The van der Waals surface area contributed by atoms with Gasteiger partial charge in [-0.05, 0) is 24.3 Å². The monoisotopic (exact) mass is 229 g/mol. The molecule has 0 aliphatic rings. The molecule has 0 fully saturated rings. The van der Waals surface area contributed by atoms with E-state index in [1.165, 1.54) is 0 Å². The van der Waals surface area contributed by atoms with E-state index >= 15 is 0 Å². The molecule has 0 amide bonds. The van der Waals surface area contributed by atoms with Gasteiger partial charge in [-0.25, -0.2) is 4.98 Å². The van der Waals surface area contributed by atoms with Gasteiger partial charge in [0, 0.05) is 12.4 Å². The summed E-state index contributed by atoms with van der Waals surface area (Å²) in [5.74, 6) is 0. The van der Waals surface area contributed by atoms with Crippen LogP contribution in [0.25, 0.3) is 17.0 Å². The van der Waals surface area contributed by atoms with Crippen molar-refractivity contribution in [3.63, 3.8) is 0 Å². The molecule has 0 N–H and O–H groups in total. The molecule has 0 bridgehead atoms. The van der Waals surface area contributed by atoms with Crippen molar-refractivity contribution in [2.45, 2.75) is 0 Å². The van der Waals surface area contributed by atoms with E-state index < -0.39 is 0 Å². The first-order valence-electron chi connectivity index (χ1n) is 4.89. The molecule has 3 nitrogen and oxygen atoms in total. The molecule has 16 heavy (non-hydrogen) atoms. The molecule has 0 radical (unpaired) electrons. The van der Waals surface area contributed by atoms with Gasteiger partial charge >= 0.3 is 0 Å². The van der Waals surface area contributed by atoms with Crippen molar-refractivity contribution in [1.29, 1.82) is 0 Å². The third-order valence-electron chi connectivity index (χ3n) is 2.42. The Morgan fingerprint density at radius 1 is 1.06 bits per heavy atom. The highest BCUT2D eigenvalue weighted by Crippen LogP contribution is 2.22. The largest absolute Gasteiger partial charge is 0.297 e.